The van der Waals surface area contributed by atoms with E-state index in [2.05, 4.69) is 0 Å². The molecule has 3 N–H and O–H groups in total. The minimum absolute atomic E-state index is 0.249. The number of aliphatic hydroxyl groups is 1. The second kappa shape index (κ2) is 6.54. The molecule has 0 spiro atoms. The maximum Gasteiger partial charge on any atom is 0.120 e. The fraction of sp³-hybridized carbons (Fsp3) is 0.417. The molecule has 0 saturated heterocycles. The van der Waals surface area contributed by atoms with Crippen LogP contribution in [0.1, 0.15) is 5.56 Å². The second-order valence-electron chi connectivity index (χ2n) is 4.12. The fourth-order valence-electron chi connectivity index (χ4n) is 1.41. The van der Waals surface area contributed by atoms with Crippen molar-refractivity contribution in [2.45, 2.75) is 6.10 Å². The third-order valence-corrected chi connectivity index (χ3v) is 2.37. The van der Waals surface area contributed by atoms with Gasteiger partial charge in [-0.25, -0.2) is 0 Å². The minimum atomic E-state index is -0.515. The zero-order valence-corrected chi connectivity index (χ0v) is 10.9. The normalized spacial score (nSPS) is 12.5. The third kappa shape index (κ3) is 5.12. The highest BCUT2D eigenvalue weighted by Crippen LogP contribution is 2.13. The number of hydrogen-bond acceptors (Lipinski definition) is 4. The standard InChI is InChI=1S/C12H18N2O2S/c1-14(2)7-10(15)8-16-11-5-3-4-9(6-11)12(13)17/h3-6,10,15H,7-8H2,1-2H3,(H2,13,17). The average molecular weight is 254 g/mol. The maximum absolute atomic E-state index is 9.64. The van der Waals surface area contributed by atoms with Crippen molar-refractivity contribution < 1.29 is 9.84 Å². The Labute approximate surface area is 107 Å². The van der Waals surface area contributed by atoms with Crippen molar-refractivity contribution in [3.05, 3.63) is 29.8 Å². The van der Waals surface area contributed by atoms with Gasteiger partial charge in [0.05, 0.1) is 0 Å². The Balaban J connectivity index is 2.51. The largest absolute Gasteiger partial charge is 0.491 e. The van der Waals surface area contributed by atoms with E-state index in [9.17, 15) is 5.11 Å². The van der Waals surface area contributed by atoms with Gasteiger partial charge in [0.15, 0.2) is 0 Å². The predicted molar refractivity (Wildman–Crippen MR) is 72.4 cm³/mol. The number of rotatable bonds is 6. The fourth-order valence-corrected chi connectivity index (χ4v) is 1.53. The topological polar surface area (TPSA) is 58.7 Å². The first-order chi connectivity index (χ1) is 7.99. The van der Waals surface area contributed by atoms with Crippen molar-refractivity contribution in [2.24, 2.45) is 5.73 Å². The molecule has 0 bridgehead atoms. The molecule has 1 unspecified atom stereocenters. The summed E-state index contributed by atoms with van der Waals surface area (Å²) in [6, 6.07) is 7.22. The van der Waals surface area contributed by atoms with E-state index >= 15 is 0 Å². The van der Waals surface area contributed by atoms with Gasteiger partial charge in [-0.3, -0.25) is 0 Å². The summed E-state index contributed by atoms with van der Waals surface area (Å²) in [7, 11) is 3.80. The van der Waals surface area contributed by atoms with Crippen molar-refractivity contribution >= 4 is 17.2 Å². The number of likely N-dealkylation sites (N-methyl/N-ethyl adjacent to an activating group) is 1. The number of hydrogen-bond donors (Lipinski definition) is 2. The summed E-state index contributed by atoms with van der Waals surface area (Å²) in [6.07, 6.45) is -0.515. The van der Waals surface area contributed by atoms with Gasteiger partial charge >= 0.3 is 0 Å². The van der Waals surface area contributed by atoms with Gasteiger partial charge in [0.2, 0.25) is 0 Å². The molecule has 0 heterocycles. The Kier molecular flexibility index (Phi) is 5.34. The smallest absolute Gasteiger partial charge is 0.120 e. The van der Waals surface area contributed by atoms with Crippen LogP contribution >= 0.6 is 12.2 Å². The molecule has 94 valence electrons. The number of thiocarbonyl (C=S) groups is 1. The maximum atomic E-state index is 9.64. The Hall–Kier alpha value is -1.17. The van der Waals surface area contributed by atoms with Gasteiger partial charge in [-0.2, -0.15) is 0 Å². The summed E-state index contributed by atoms with van der Waals surface area (Å²) in [5.74, 6) is 0.660. The van der Waals surface area contributed by atoms with Gasteiger partial charge < -0.3 is 20.5 Å². The monoisotopic (exact) mass is 254 g/mol. The van der Waals surface area contributed by atoms with E-state index in [0.29, 0.717) is 17.3 Å². The van der Waals surface area contributed by atoms with E-state index in [4.69, 9.17) is 22.7 Å². The molecular formula is C12H18N2O2S. The number of benzene rings is 1. The zero-order valence-electron chi connectivity index (χ0n) is 10.1. The van der Waals surface area contributed by atoms with Crippen LogP contribution < -0.4 is 10.5 Å². The van der Waals surface area contributed by atoms with Crippen LogP contribution in [0.2, 0.25) is 0 Å². The van der Waals surface area contributed by atoms with Crippen LogP contribution in [0.15, 0.2) is 24.3 Å². The lowest BCUT2D eigenvalue weighted by atomic mass is 10.2. The first kappa shape index (κ1) is 13.9. The molecule has 0 aromatic heterocycles. The number of aliphatic hydroxyl groups excluding tert-OH is 1. The van der Waals surface area contributed by atoms with Crippen molar-refractivity contribution in [1.29, 1.82) is 0 Å². The lowest BCUT2D eigenvalue weighted by molar-refractivity contribution is 0.0831. The van der Waals surface area contributed by atoms with Gasteiger partial charge in [0.1, 0.15) is 23.4 Å². The van der Waals surface area contributed by atoms with Gasteiger partial charge in [0.25, 0.3) is 0 Å². The molecule has 5 heteroatoms. The molecule has 4 nitrogen and oxygen atoms in total. The van der Waals surface area contributed by atoms with E-state index < -0.39 is 6.10 Å². The van der Waals surface area contributed by atoms with Crippen LogP contribution in [-0.2, 0) is 0 Å². The van der Waals surface area contributed by atoms with Crippen molar-refractivity contribution in [2.75, 3.05) is 27.2 Å². The number of nitrogens with zero attached hydrogens (tertiary/aromatic N) is 1. The Morgan fingerprint density at radius 3 is 2.82 bits per heavy atom. The molecule has 17 heavy (non-hydrogen) atoms. The van der Waals surface area contributed by atoms with Crippen LogP contribution in [0.3, 0.4) is 0 Å². The number of ether oxygens (including phenoxy) is 1. The summed E-state index contributed by atoms with van der Waals surface area (Å²) in [4.78, 5) is 2.24. The van der Waals surface area contributed by atoms with Crippen molar-refractivity contribution in [3.63, 3.8) is 0 Å². The van der Waals surface area contributed by atoms with E-state index in [1.807, 2.05) is 37.2 Å². The predicted octanol–water partition coefficient (Wildman–Crippen LogP) is 0.622. The molecule has 0 fully saturated rings. The molecule has 1 aromatic rings. The van der Waals surface area contributed by atoms with Crippen molar-refractivity contribution in [3.8, 4) is 5.75 Å². The van der Waals surface area contributed by atoms with Crippen LogP contribution in [0.5, 0.6) is 5.75 Å². The quantitative estimate of drug-likeness (QED) is 0.729. The molecule has 0 radical (unpaired) electrons. The summed E-state index contributed by atoms with van der Waals surface area (Å²) in [5, 5.41) is 9.64. The first-order valence-corrected chi connectivity index (χ1v) is 5.75. The summed E-state index contributed by atoms with van der Waals surface area (Å²) < 4.78 is 5.47. The van der Waals surface area contributed by atoms with Crippen molar-refractivity contribution in [1.82, 2.24) is 4.90 Å². The summed E-state index contributed by atoms with van der Waals surface area (Å²) in [5.41, 5.74) is 6.29. The molecule has 0 aliphatic heterocycles. The van der Waals surface area contributed by atoms with Crippen LogP contribution in [0, 0.1) is 0 Å². The number of nitrogens with two attached hydrogens (primary N) is 1. The molecule has 1 atom stereocenters. The molecule has 0 saturated carbocycles. The molecule has 0 aliphatic rings. The van der Waals surface area contributed by atoms with Gasteiger partial charge in [0, 0.05) is 12.1 Å². The summed E-state index contributed by atoms with van der Waals surface area (Å²) >= 11 is 4.88. The van der Waals surface area contributed by atoms with Gasteiger partial charge in [-0.05, 0) is 26.2 Å². The molecule has 1 rings (SSSR count). The van der Waals surface area contributed by atoms with E-state index in [-0.39, 0.29) is 6.61 Å². The third-order valence-electron chi connectivity index (χ3n) is 2.14. The Bertz CT molecular complexity index is 383. The van der Waals surface area contributed by atoms with E-state index in [0.717, 1.165) is 5.56 Å². The SMILES string of the molecule is CN(C)CC(O)COc1cccc(C(N)=S)c1. The Morgan fingerprint density at radius 2 is 2.24 bits per heavy atom. The van der Waals surface area contributed by atoms with E-state index in [1.165, 1.54) is 0 Å². The molecular weight excluding hydrogens is 236 g/mol. The van der Waals surface area contributed by atoms with Gasteiger partial charge in [-0.1, -0.05) is 24.4 Å². The molecule has 1 aromatic carbocycles. The second-order valence-corrected chi connectivity index (χ2v) is 4.56. The summed E-state index contributed by atoms with van der Waals surface area (Å²) in [6.45, 7) is 0.813. The molecule has 0 amide bonds. The van der Waals surface area contributed by atoms with Gasteiger partial charge in [-0.15, -0.1) is 0 Å². The van der Waals surface area contributed by atoms with Crippen LogP contribution in [-0.4, -0.2) is 48.3 Å². The Morgan fingerprint density at radius 1 is 1.53 bits per heavy atom. The highest BCUT2D eigenvalue weighted by Gasteiger charge is 2.07. The highest BCUT2D eigenvalue weighted by molar-refractivity contribution is 7.80. The average Bonchev–Trinajstić information content (AvgIpc) is 2.26. The first-order valence-electron chi connectivity index (χ1n) is 5.34. The van der Waals surface area contributed by atoms with Crippen LogP contribution in [0.25, 0.3) is 0 Å². The highest BCUT2D eigenvalue weighted by atomic mass is 32.1. The lowest BCUT2D eigenvalue weighted by Crippen LogP contribution is -2.30. The molecule has 0 aliphatic carbocycles. The zero-order chi connectivity index (χ0) is 12.8. The van der Waals surface area contributed by atoms with E-state index in [1.54, 1.807) is 6.07 Å². The lowest BCUT2D eigenvalue weighted by Gasteiger charge is -2.16. The van der Waals surface area contributed by atoms with Crippen LogP contribution in [0.4, 0.5) is 0 Å². The minimum Gasteiger partial charge on any atom is -0.491 e.